The Labute approximate surface area is 84.9 Å². The van der Waals surface area contributed by atoms with Crippen LogP contribution >= 0.6 is 0 Å². The number of phenols is 1. The first-order valence-corrected chi connectivity index (χ1v) is 4.57. The summed E-state index contributed by atoms with van der Waals surface area (Å²) in [6, 6.07) is 8.71. The highest BCUT2D eigenvalue weighted by atomic mass is 16.3. The number of benzene rings is 1. The van der Waals surface area contributed by atoms with Crippen LogP contribution < -0.4 is 0 Å². The molecule has 76 valence electrons. The molecule has 0 heterocycles. The Balaban J connectivity index is 0.000000213. The van der Waals surface area contributed by atoms with E-state index < -0.39 is 0 Å². The van der Waals surface area contributed by atoms with E-state index in [0.29, 0.717) is 5.75 Å². The molecule has 1 aromatic rings. The number of carbonyl (C=O) groups excluding carboxylic acids is 1. The maximum atomic E-state index is 8.63. The second-order valence-corrected chi connectivity index (χ2v) is 2.74. The average molecular weight is 192 g/mol. The van der Waals surface area contributed by atoms with Gasteiger partial charge in [0.2, 0.25) is 0 Å². The molecule has 0 saturated carbocycles. The van der Waals surface area contributed by atoms with Gasteiger partial charge in [0.1, 0.15) is 12.5 Å². The first kappa shape index (κ1) is 12.4. The summed E-state index contributed by atoms with van der Waals surface area (Å²) in [7, 11) is 0. The fraction of sp³-hybridized carbons (Fsp3) is 0.250. The zero-order chi connectivity index (χ0) is 10.6. The summed E-state index contributed by atoms with van der Waals surface area (Å²) in [5, 5.41) is 8.63. The molecule has 1 aliphatic carbocycles. The fourth-order valence-electron chi connectivity index (χ4n) is 1.02. The molecule has 0 unspecified atom stereocenters. The van der Waals surface area contributed by atoms with E-state index in [2.05, 4.69) is 12.2 Å². The van der Waals surface area contributed by atoms with E-state index in [1.165, 1.54) is 19.3 Å². The molecule has 0 saturated heterocycles. The van der Waals surface area contributed by atoms with Crippen LogP contribution in [0.3, 0.4) is 0 Å². The summed E-state index contributed by atoms with van der Waals surface area (Å²) in [6.45, 7) is 2.00. The number of carbonyl (C=O) groups is 1. The summed E-state index contributed by atoms with van der Waals surface area (Å²) < 4.78 is 0. The van der Waals surface area contributed by atoms with Crippen molar-refractivity contribution in [3.8, 4) is 5.75 Å². The van der Waals surface area contributed by atoms with Gasteiger partial charge in [0.05, 0.1) is 0 Å². The van der Waals surface area contributed by atoms with Crippen LogP contribution in [0, 0.1) is 0 Å². The number of para-hydroxylation sites is 1. The van der Waals surface area contributed by atoms with Crippen molar-refractivity contribution in [3.05, 3.63) is 42.5 Å². The lowest BCUT2D eigenvalue weighted by Gasteiger charge is -1.82. The van der Waals surface area contributed by atoms with Crippen LogP contribution in [-0.4, -0.2) is 11.9 Å². The second-order valence-electron chi connectivity index (χ2n) is 2.74. The maximum Gasteiger partial charge on any atom is 0.115 e. The van der Waals surface area contributed by atoms with Crippen molar-refractivity contribution in [1.29, 1.82) is 0 Å². The average Bonchev–Trinajstić information content (AvgIpc) is 2.80. The Hall–Kier alpha value is -1.57. The van der Waals surface area contributed by atoms with Crippen molar-refractivity contribution in [2.45, 2.75) is 19.3 Å². The molecule has 0 aromatic heterocycles. The number of phenolic OH excluding ortho intramolecular Hbond substituents is 1. The highest BCUT2D eigenvalue weighted by Crippen LogP contribution is 2.05. The van der Waals surface area contributed by atoms with E-state index in [1.807, 2.05) is 12.9 Å². The van der Waals surface area contributed by atoms with Gasteiger partial charge < -0.3 is 9.90 Å². The maximum absolute atomic E-state index is 8.63. The smallest absolute Gasteiger partial charge is 0.115 e. The summed E-state index contributed by atoms with van der Waals surface area (Å²) in [6.07, 6.45) is 8.50. The van der Waals surface area contributed by atoms with E-state index >= 15 is 0 Å². The molecule has 0 amide bonds. The molecule has 2 heteroatoms. The largest absolute Gasteiger partial charge is 0.508 e. The molecule has 2 nitrogen and oxygen atoms in total. The molecule has 0 radical (unpaired) electrons. The molecule has 2 rings (SSSR count). The minimum atomic E-state index is 0.322. The van der Waals surface area contributed by atoms with Crippen molar-refractivity contribution in [2.75, 3.05) is 0 Å². The Morgan fingerprint density at radius 2 is 1.50 bits per heavy atom. The SMILES string of the molecule is C1=CCCC1.C=O.Oc1ccccc1. The van der Waals surface area contributed by atoms with E-state index in [1.54, 1.807) is 24.3 Å². The zero-order valence-corrected chi connectivity index (χ0v) is 8.23. The van der Waals surface area contributed by atoms with Gasteiger partial charge in [-0.05, 0) is 31.4 Å². The summed E-state index contributed by atoms with van der Waals surface area (Å²) in [4.78, 5) is 8.00. The Bertz CT molecular complexity index is 236. The lowest BCUT2D eigenvalue weighted by Crippen LogP contribution is -1.56. The van der Waals surface area contributed by atoms with Crippen molar-refractivity contribution < 1.29 is 9.90 Å². The summed E-state index contributed by atoms with van der Waals surface area (Å²) in [5.74, 6) is 0.322. The third-order valence-corrected chi connectivity index (χ3v) is 1.66. The monoisotopic (exact) mass is 192 g/mol. The van der Waals surface area contributed by atoms with Gasteiger partial charge in [-0.25, -0.2) is 0 Å². The van der Waals surface area contributed by atoms with Crippen molar-refractivity contribution in [2.24, 2.45) is 0 Å². The highest BCUT2D eigenvalue weighted by molar-refractivity contribution is 5.18. The topological polar surface area (TPSA) is 37.3 Å². The standard InChI is InChI=1S/C6H6O.C5H8.CH2O/c7-6-4-2-1-3-5-6;1-2-4-5-3-1;1-2/h1-5,7H;1-2H,3-5H2;1H2. The van der Waals surface area contributed by atoms with Crippen LogP contribution in [0.15, 0.2) is 42.5 Å². The molecule has 0 spiro atoms. The molecule has 1 aliphatic rings. The van der Waals surface area contributed by atoms with Crippen LogP contribution in [0.4, 0.5) is 0 Å². The molecule has 0 bridgehead atoms. The van der Waals surface area contributed by atoms with Gasteiger partial charge in [-0.2, -0.15) is 0 Å². The van der Waals surface area contributed by atoms with Gasteiger partial charge >= 0.3 is 0 Å². The highest BCUT2D eigenvalue weighted by Gasteiger charge is 1.84. The first-order valence-electron chi connectivity index (χ1n) is 4.57. The van der Waals surface area contributed by atoms with Crippen LogP contribution in [0.5, 0.6) is 5.75 Å². The normalized spacial score (nSPS) is 12.0. The lowest BCUT2D eigenvalue weighted by atomic mass is 10.3. The van der Waals surface area contributed by atoms with Gasteiger partial charge in [-0.15, -0.1) is 0 Å². The second kappa shape index (κ2) is 9.52. The molecule has 1 aromatic carbocycles. The van der Waals surface area contributed by atoms with Crippen molar-refractivity contribution >= 4 is 6.79 Å². The van der Waals surface area contributed by atoms with E-state index in [4.69, 9.17) is 9.90 Å². The van der Waals surface area contributed by atoms with Crippen LogP contribution in [0.25, 0.3) is 0 Å². The summed E-state index contributed by atoms with van der Waals surface area (Å²) in [5.41, 5.74) is 0. The van der Waals surface area contributed by atoms with Gasteiger partial charge in [0, 0.05) is 0 Å². The van der Waals surface area contributed by atoms with E-state index in [9.17, 15) is 0 Å². The molecular weight excluding hydrogens is 176 g/mol. The van der Waals surface area contributed by atoms with Crippen molar-refractivity contribution in [1.82, 2.24) is 0 Å². The Morgan fingerprint density at radius 3 is 1.71 bits per heavy atom. The predicted molar refractivity (Wildman–Crippen MR) is 58.2 cm³/mol. The van der Waals surface area contributed by atoms with Crippen LogP contribution in [0.1, 0.15) is 19.3 Å². The molecule has 14 heavy (non-hydrogen) atoms. The van der Waals surface area contributed by atoms with Gasteiger partial charge in [0.25, 0.3) is 0 Å². The van der Waals surface area contributed by atoms with Crippen LogP contribution in [-0.2, 0) is 4.79 Å². The van der Waals surface area contributed by atoms with Gasteiger partial charge in [-0.1, -0.05) is 30.4 Å². The minimum absolute atomic E-state index is 0.322. The first-order chi connectivity index (χ1) is 6.89. The minimum Gasteiger partial charge on any atom is -0.508 e. The number of allylic oxidation sites excluding steroid dienone is 2. The van der Waals surface area contributed by atoms with E-state index in [0.717, 1.165) is 0 Å². The van der Waals surface area contributed by atoms with Gasteiger partial charge in [0.15, 0.2) is 0 Å². The lowest BCUT2D eigenvalue weighted by molar-refractivity contribution is -0.0979. The van der Waals surface area contributed by atoms with Crippen molar-refractivity contribution in [3.63, 3.8) is 0 Å². The summed E-state index contributed by atoms with van der Waals surface area (Å²) >= 11 is 0. The Morgan fingerprint density at radius 1 is 1.00 bits per heavy atom. The predicted octanol–water partition coefficient (Wildman–Crippen LogP) is 2.93. The van der Waals surface area contributed by atoms with Crippen LogP contribution in [0.2, 0.25) is 0 Å². The number of rotatable bonds is 0. The quantitative estimate of drug-likeness (QED) is 0.642. The molecular formula is C12H16O2. The molecule has 0 atom stereocenters. The number of aromatic hydroxyl groups is 1. The molecule has 1 N–H and O–H groups in total. The third kappa shape index (κ3) is 7.10. The molecule has 0 aliphatic heterocycles. The van der Waals surface area contributed by atoms with E-state index in [-0.39, 0.29) is 0 Å². The Kier molecular flexibility index (Phi) is 8.45. The van der Waals surface area contributed by atoms with Gasteiger partial charge in [-0.3, -0.25) is 0 Å². The zero-order valence-electron chi connectivity index (χ0n) is 8.23. The molecule has 0 fully saturated rings. The fourth-order valence-corrected chi connectivity index (χ4v) is 1.02. The number of hydrogen-bond acceptors (Lipinski definition) is 2. The third-order valence-electron chi connectivity index (χ3n) is 1.66. The number of hydrogen-bond donors (Lipinski definition) is 1.